The SMILES string of the molecule is CCOC(=O)C(=CNc1cc(Br)c(OC)c(Br)c1)c1ccc(OC)cc1. The average Bonchev–Trinajstić information content (AvgIpc) is 2.62. The van der Waals surface area contributed by atoms with Crippen molar-refractivity contribution >= 4 is 49.1 Å². The van der Waals surface area contributed by atoms with Gasteiger partial charge in [-0.1, -0.05) is 12.1 Å². The summed E-state index contributed by atoms with van der Waals surface area (Å²) in [5, 5.41) is 3.13. The molecule has 0 radical (unpaired) electrons. The molecule has 0 aliphatic rings. The van der Waals surface area contributed by atoms with Crippen LogP contribution in [0.15, 0.2) is 51.5 Å². The first-order valence-corrected chi connectivity index (χ1v) is 9.40. The van der Waals surface area contributed by atoms with Crippen LogP contribution in [-0.4, -0.2) is 26.8 Å². The molecular weight excluding hydrogens is 466 g/mol. The van der Waals surface area contributed by atoms with E-state index in [2.05, 4.69) is 37.2 Å². The van der Waals surface area contributed by atoms with Gasteiger partial charge in [0.15, 0.2) is 0 Å². The molecule has 0 aliphatic heterocycles. The largest absolute Gasteiger partial charge is 0.497 e. The molecule has 0 saturated carbocycles. The fourth-order valence-corrected chi connectivity index (χ4v) is 3.74. The van der Waals surface area contributed by atoms with E-state index < -0.39 is 5.97 Å². The quantitative estimate of drug-likeness (QED) is 0.430. The number of rotatable bonds is 7. The Morgan fingerprint density at radius 2 is 1.69 bits per heavy atom. The van der Waals surface area contributed by atoms with Crippen LogP contribution in [0.2, 0.25) is 0 Å². The summed E-state index contributed by atoms with van der Waals surface area (Å²) in [6.45, 7) is 2.07. The predicted octanol–water partition coefficient (Wildman–Crippen LogP) is 5.24. The number of hydrogen-bond acceptors (Lipinski definition) is 5. The number of nitrogens with one attached hydrogen (secondary N) is 1. The van der Waals surface area contributed by atoms with Gasteiger partial charge in [-0.2, -0.15) is 0 Å². The van der Waals surface area contributed by atoms with Crippen molar-refractivity contribution in [2.45, 2.75) is 6.92 Å². The van der Waals surface area contributed by atoms with Crippen LogP contribution in [0.3, 0.4) is 0 Å². The van der Waals surface area contributed by atoms with Gasteiger partial charge in [-0.15, -0.1) is 0 Å². The van der Waals surface area contributed by atoms with Gasteiger partial charge in [0.2, 0.25) is 0 Å². The van der Waals surface area contributed by atoms with E-state index in [9.17, 15) is 4.79 Å². The summed E-state index contributed by atoms with van der Waals surface area (Å²) in [5.74, 6) is 1.00. The minimum Gasteiger partial charge on any atom is -0.497 e. The standard InChI is InChI=1S/C19H19Br2NO4/c1-4-26-19(23)15(12-5-7-14(24-2)8-6-12)11-22-13-9-16(20)18(25-3)17(21)10-13/h5-11,22H,4H2,1-3H3. The van der Waals surface area contributed by atoms with E-state index in [1.54, 1.807) is 39.5 Å². The Bertz CT molecular complexity index is 781. The Balaban J connectivity index is 2.34. The van der Waals surface area contributed by atoms with E-state index in [4.69, 9.17) is 14.2 Å². The molecule has 138 valence electrons. The van der Waals surface area contributed by atoms with Crippen LogP contribution < -0.4 is 14.8 Å². The molecule has 0 aliphatic carbocycles. The maximum atomic E-state index is 12.4. The maximum absolute atomic E-state index is 12.4. The molecule has 0 heterocycles. The summed E-state index contributed by atoms with van der Waals surface area (Å²) in [6, 6.07) is 10.9. The lowest BCUT2D eigenvalue weighted by molar-refractivity contribution is -0.136. The third-order valence-corrected chi connectivity index (χ3v) is 4.66. The summed E-state index contributed by atoms with van der Waals surface area (Å²) < 4.78 is 17.2. The molecular formula is C19H19Br2NO4. The topological polar surface area (TPSA) is 56.8 Å². The molecule has 2 aromatic rings. The number of hydrogen-bond donors (Lipinski definition) is 1. The van der Waals surface area contributed by atoms with E-state index in [1.807, 2.05) is 24.3 Å². The molecule has 0 unspecified atom stereocenters. The van der Waals surface area contributed by atoms with Crippen molar-refractivity contribution in [1.29, 1.82) is 0 Å². The minimum absolute atomic E-state index is 0.298. The molecule has 2 rings (SSSR count). The molecule has 0 spiro atoms. The molecule has 0 amide bonds. The Kier molecular flexibility index (Phi) is 7.53. The van der Waals surface area contributed by atoms with Gasteiger partial charge in [-0.05, 0) is 68.6 Å². The van der Waals surface area contributed by atoms with Gasteiger partial charge in [0, 0.05) is 11.9 Å². The number of carbonyl (C=O) groups excluding carboxylic acids is 1. The van der Waals surface area contributed by atoms with Gasteiger partial charge >= 0.3 is 5.97 Å². The van der Waals surface area contributed by atoms with Crippen LogP contribution in [0.5, 0.6) is 11.5 Å². The highest BCUT2D eigenvalue weighted by atomic mass is 79.9. The van der Waals surface area contributed by atoms with Gasteiger partial charge in [0.05, 0.1) is 35.3 Å². The number of methoxy groups -OCH3 is 2. The summed E-state index contributed by atoms with van der Waals surface area (Å²) >= 11 is 6.92. The maximum Gasteiger partial charge on any atom is 0.340 e. The molecule has 7 heteroatoms. The first-order valence-electron chi connectivity index (χ1n) is 7.81. The normalized spacial score (nSPS) is 11.0. The molecule has 26 heavy (non-hydrogen) atoms. The van der Waals surface area contributed by atoms with E-state index in [1.165, 1.54) is 0 Å². The number of carbonyl (C=O) groups is 1. The van der Waals surface area contributed by atoms with Crippen molar-refractivity contribution in [3.63, 3.8) is 0 Å². The zero-order valence-corrected chi connectivity index (χ0v) is 17.8. The van der Waals surface area contributed by atoms with Gasteiger partial charge < -0.3 is 19.5 Å². The summed E-state index contributed by atoms with van der Waals surface area (Å²) in [6.07, 6.45) is 1.63. The van der Waals surface area contributed by atoms with Crippen LogP contribution in [0.4, 0.5) is 5.69 Å². The molecule has 0 fully saturated rings. The third kappa shape index (κ3) is 5.02. The van der Waals surface area contributed by atoms with E-state index in [-0.39, 0.29) is 0 Å². The van der Waals surface area contributed by atoms with Gasteiger partial charge in [-0.25, -0.2) is 4.79 Å². The second-order valence-electron chi connectivity index (χ2n) is 5.12. The zero-order valence-electron chi connectivity index (χ0n) is 14.6. The molecule has 0 saturated heterocycles. The van der Waals surface area contributed by atoms with Gasteiger partial charge in [-0.3, -0.25) is 0 Å². The molecule has 0 bridgehead atoms. The predicted molar refractivity (Wildman–Crippen MR) is 110 cm³/mol. The van der Waals surface area contributed by atoms with Gasteiger partial charge in [0.1, 0.15) is 11.5 Å². The van der Waals surface area contributed by atoms with E-state index >= 15 is 0 Å². The highest BCUT2D eigenvalue weighted by Gasteiger charge is 2.14. The zero-order chi connectivity index (χ0) is 19.1. The second kappa shape index (κ2) is 9.64. The van der Waals surface area contributed by atoms with Gasteiger partial charge in [0.25, 0.3) is 0 Å². The first kappa shape index (κ1) is 20.3. The smallest absolute Gasteiger partial charge is 0.340 e. The van der Waals surface area contributed by atoms with Crippen molar-refractivity contribution in [2.24, 2.45) is 0 Å². The lowest BCUT2D eigenvalue weighted by Crippen LogP contribution is -2.08. The van der Waals surface area contributed by atoms with Crippen LogP contribution >= 0.6 is 31.9 Å². The van der Waals surface area contributed by atoms with E-state index in [0.29, 0.717) is 23.7 Å². The van der Waals surface area contributed by atoms with Crippen molar-refractivity contribution in [3.8, 4) is 11.5 Å². The Morgan fingerprint density at radius 3 is 2.19 bits per heavy atom. The molecule has 0 atom stereocenters. The van der Waals surface area contributed by atoms with E-state index in [0.717, 1.165) is 20.2 Å². The Labute approximate surface area is 169 Å². The number of esters is 1. The summed E-state index contributed by atoms with van der Waals surface area (Å²) in [5.41, 5.74) is 1.92. The Hall–Kier alpha value is -1.99. The number of anilines is 1. The van der Waals surface area contributed by atoms with Crippen LogP contribution in [0.1, 0.15) is 12.5 Å². The van der Waals surface area contributed by atoms with Crippen molar-refractivity contribution in [3.05, 3.63) is 57.1 Å². The lowest BCUT2D eigenvalue weighted by atomic mass is 10.1. The Morgan fingerprint density at radius 1 is 1.08 bits per heavy atom. The highest BCUT2D eigenvalue weighted by Crippen LogP contribution is 2.36. The molecule has 5 nitrogen and oxygen atoms in total. The minimum atomic E-state index is -0.406. The van der Waals surface area contributed by atoms with Crippen LogP contribution in [-0.2, 0) is 9.53 Å². The lowest BCUT2D eigenvalue weighted by Gasteiger charge is -2.11. The average molecular weight is 485 g/mol. The molecule has 0 aromatic heterocycles. The van der Waals surface area contributed by atoms with Crippen molar-refractivity contribution in [2.75, 3.05) is 26.1 Å². The number of halogens is 2. The summed E-state index contributed by atoms with van der Waals surface area (Å²) in [7, 11) is 3.19. The van der Waals surface area contributed by atoms with Crippen molar-refractivity contribution < 1.29 is 19.0 Å². The monoisotopic (exact) mass is 483 g/mol. The first-order chi connectivity index (χ1) is 12.5. The van der Waals surface area contributed by atoms with Crippen molar-refractivity contribution in [1.82, 2.24) is 0 Å². The highest BCUT2D eigenvalue weighted by molar-refractivity contribution is 9.11. The summed E-state index contributed by atoms with van der Waals surface area (Å²) in [4.78, 5) is 12.4. The fourth-order valence-electron chi connectivity index (χ4n) is 2.23. The molecule has 2 aromatic carbocycles. The fraction of sp³-hybridized carbons (Fsp3) is 0.211. The molecule has 1 N–H and O–H groups in total. The van der Waals surface area contributed by atoms with Crippen LogP contribution in [0.25, 0.3) is 5.57 Å². The number of ether oxygens (including phenoxy) is 3. The number of benzene rings is 2. The second-order valence-corrected chi connectivity index (χ2v) is 6.83. The van der Waals surface area contributed by atoms with Crippen LogP contribution in [0, 0.1) is 0 Å². The third-order valence-electron chi connectivity index (χ3n) is 3.48.